The molecule has 0 saturated carbocycles. The van der Waals surface area contributed by atoms with Crippen molar-refractivity contribution in [2.24, 2.45) is 0 Å². The van der Waals surface area contributed by atoms with Crippen LogP contribution in [0.5, 0.6) is 5.75 Å². The molecule has 0 saturated heterocycles. The molecule has 0 radical (unpaired) electrons. The number of sulfonamides is 1. The number of ether oxygens (including phenoxy) is 1. The van der Waals surface area contributed by atoms with Gasteiger partial charge in [0, 0.05) is 18.7 Å². The number of hydrogen-bond donors (Lipinski definition) is 2. The Bertz CT molecular complexity index is 831. The van der Waals surface area contributed by atoms with Gasteiger partial charge in [0.1, 0.15) is 5.75 Å². The van der Waals surface area contributed by atoms with Crippen LogP contribution in [0.15, 0.2) is 53.4 Å². The van der Waals surface area contributed by atoms with Crippen molar-refractivity contribution >= 4 is 21.6 Å². The van der Waals surface area contributed by atoms with Crippen molar-refractivity contribution in [2.45, 2.75) is 37.5 Å². The van der Waals surface area contributed by atoms with Crippen LogP contribution in [0, 0.1) is 0 Å². The number of rotatable bonds is 10. The summed E-state index contributed by atoms with van der Waals surface area (Å²) in [5.74, 6) is 0.657. The minimum atomic E-state index is -3.50. The van der Waals surface area contributed by atoms with Crippen LogP contribution in [-0.2, 0) is 21.2 Å². The summed E-state index contributed by atoms with van der Waals surface area (Å²) >= 11 is 0. The molecule has 0 unspecified atom stereocenters. The molecule has 2 rings (SSSR count). The average molecular weight is 391 g/mol. The van der Waals surface area contributed by atoms with Crippen molar-refractivity contribution in [1.82, 2.24) is 4.72 Å². The lowest BCUT2D eigenvalue weighted by atomic mass is 10.1. The number of carbonyl (C=O) groups excluding carboxylic acids is 1. The topological polar surface area (TPSA) is 84.5 Å². The summed E-state index contributed by atoms with van der Waals surface area (Å²) in [6.45, 7) is 2.42. The zero-order valence-electron chi connectivity index (χ0n) is 15.7. The molecule has 1 amide bonds. The SMILES string of the molecule is CCCCNS(=O)(=O)c1ccc(NC(=O)CCc2ccc(OC)cc2)cc1. The van der Waals surface area contributed by atoms with E-state index < -0.39 is 10.0 Å². The van der Waals surface area contributed by atoms with Crippen LogP contribution >= 0.6 is 0 Å². The Balaban J connectivity index is 1.86. The van der Waals surface area contributed by atoms with Crippen molar-refractivity contribution in [1.29, 1.82) is 0 Å². The molecular weight excluding hydrogens is 364 g/mol. The Labute approximate surface area is 161 Å². The second kappa shape index (κ2) is 10.1. The fourth-order valence-electron chi connectivity index (χ4n) is 2.46. The maximum absolute atomic E-state index is 12.1. The molecule has 0 aromatic heterocycles. The molecule has 2 N–H and O–H groups in total. The highest BCUT2D eigenvalue weighted by molar-refractivity contribution is 7.89. The van der Waals surface area contributed by atoms with Gasteiger partial charge in [-0.3, -0.25) is 4.79 Å². The smallest absolute Gasteiger partial charge is 0.240 e. The van der Waals surface area contributed by atoms with Crippen LogP contribution in [-0.4, -0.2) is 28.0 Å². The van der Waals surface area contributed by atoms with Gasteiger partial charge in [0.15, 0.2) is 0 Å². The van der Waals surface area contributed by atoms with Gasteiger partial charge in [0.2, 0.25) is 15.9 Å². The van der Waals surface area contributed by atoms with E-state index in [1.54, 1.807) is 19.2 Å². The zero-order chi connectivity index (χ0) is 19.7. The second-order valence-electron chi connectivity index (χ2n) is 6.17. The van der Waals surface area contributed by atoms with Crippen molar-refractivity contribution in [3.8, 4) is 5.75 Å². The maximum atomic E-state index is 12.1. The number of methoxy groups -OCH3 is 1. The molecule has 0 bridgehead atoms. The van der Waals surface area contributed by atoms with E-state index in [1.165, 1.54) is 12.1 Å². The number of aryl methyl sites for hydroxylation is 1. The first-order valence-corrected chi connectivity index (χ1v) is 10.5. The first-order chi connectivity index (χ1) is 12.9. The van der Waals surface area contributed by atoms with Crippen molar-refractivity contribution in [2.75, 3.05) is 19.0 Å². The number of benzene rings is 2. The second-order valence-corrected chi connectivity index (χ2v) is 7.94. The summed E-state index contributed by atoms with van der Waals surface area (Å²) < 4.78 is 31.9. The lowest BCUT2D eigenvalue weighted by Gasteiger charge is -2.09. The minimum Gasteiger partial charge on any atom is -0.497 e. The van der Waals surface area contributed by atoms with E-state index in [-0.39, 0.29) is 10.8 Å². The van der Waals surface area contributed by atoms with Crippen molar-refractivity contribution < 1.29 is 17.9 Å². The van der Waals surface area contributed by atoms with E-state index in [4.69, 9.17) is 4.74 Å². The van der Waals surface area contributed by atoms with E-state index in [0.29, 0.717) is 25.1 Å². The van der Waals surface area contributed by atoms with Gasteiger partial charge in [-0.15, -0.1) is 0 Å². The van der Waals surface area contributed by atoms with Crippen molar-refractivity contribution in [3.05, 3.63) is 54.1 Å². The zero-order valence-corrected chi connectivity index (χ0v) is 16.5. The van der Waals surface area contributed by atoms with Crippen molar-refractivity contribution in [3.63, 3.8) is 0 Å². The predicted molar refractivity (Wildman–Crippen MR) is 106 cm³/mol. The van der Waals surface area contributed by atoms with Crippen LogP contribution in [0.4, 0.5) is 5.69 Å². The molecular formula is C20H26N2O4S. The molecule has 0 heterocycles. The fourth-order valence-corrected chi connectivity index (χ4v) is 3.53. The van der Waals surface area contributed by atoms with Gasteiger partial charge in [0.25, 0.3) is 0 Å². The third kappa shape index (κ3) is 6.69. The number of amides is 1. The van der Waals surface area contributed by atoms with E-state index in [9.17, 15) is 13.2 Å². The number of anilines is 1. The molecule has 0 aliphatic heterocycles. The van der Waals surface area contributed by atoms with E-state index >= 15 is 0 Å². The van der Waals surface area contributed by atoms with Gasteiger partial charge in [0.05, 0.1) is 12.0 Å². The third-order valence-electron chi connectivity index (χ3n) is 4.07. The monoisotopic (exact) mass is 390 g/mol. The highest BCUT2D eigenvalue weighted by Crippen LogP contribution is 2.16. The molecule has 0 aliphatic carbocycles. The number of unbranched alkanes of at least 4 members (excludes halogenated alkanes) is 1. The highest BCUT2D eigenvalue weighted by Gasteiger charge is 2.13. The van der Waals surface area contributed by atoms with Gasteiger partial charge >= 0.3 is 0 Å². The van der Waals surface area contributed by atoms with Gasteiger partial charge in [-0.1, -0.05) is 25.5 Å². The fraction of sp³-hybridized carbons (Fsp3) is 0.350. The van der Waals surface area contributed by atoms with E-state index in [1.807, 2.05) is 31.2 Å². The van der Waals surface area contributed by atoms with Gasteiger partial charge in [-0.2, -0.15) is 0 Å². The molecule has 0 spiro atoms. The van der Waals surface area contributed by atoms with Crippen LogP contribution in [0.2, 0.25) is 0 Å². The van der Waals surface area contributed by atoms with Crippen LogP contribution in [0.1, 0.15) is 31.7 Å². The van der Waals surface area contributed by atoms with E-state index in [2.05, 4.69) is 10.0 Å². The summed E-state index contributed by atoms with van der Waals surface area (Å²) in [4.78, 5) is 12.3. The third-order valence-corrected chi connectivity index (χ3v) is 5.55. The van der Waals surface area contributed by atoms with Gasteiger partial charge in [-0.05, 0) is 54.8 Å². The molecule has 146 valence electrons. The largest absolute Gasteiger partial charge is 0.497 e. The lowest BCUT2D eigenvalue weighted by Crippen LogP contribution is -2.24. The van der Waals surface area contributed by atoms with E-state index in [0.717, 1.165) is 24.2 Å². The summed E-state index contributed by atoms with van der Waals surface area (Å²) in [6.07, 6.45) is 2.67. The summed E-state index contributed by atoms with van der Waals surface area (Å²) in [5.41, 5.74) is 1.62. The number of hydrogen-bond acceptors (Lipinski definition) is 4. The Morgan fingerprint density at radius 2 is 1.70 bits per heavy atom. The Hall–Kier alpha value is -2.38. The minimum absolute atomic E-state index is 0.123. The average Bonchev–Trinajstić information content (AvgIpc) is 2.67. The summed E-state index contributed by atoms with van der Waals surface area (Å²) in [7, 11) is -1.89. The van der Waals surface area contributed by atoms with Crippen LogP contribution < -0.4 is 14.8 Å². The lowest BCUT2D eigenvalue weighted by molar-refractivity contribution is -0.116. The molecule has 2 aromatic rings. The molecule has 6 nitrogen and oxygen atoms in total. The molecule has 0 atom stereocenters. The normalized spacial score (nSPS) is 11.2. The van der Waals surface area contributed by atoms with Crippen LogP contribution in [0.25, 0.3) is 0 Å². The summed E-state index contributed by atoms with van der Waals surface area (Å²) in [5, 5.41) is 2.79. The first-order valence-electron chi connectivity index (χ1n) is 8.97. The van der Waals surface area contributed by atoms with Gasteiger partial charge in [-0.25, -0.2) is 13.1 Å². The Morgan fingerprint density at radius 3 is 2.30 bits per heavy atom. The summed E-state index contributed by atoms with van der Waals surface area (Å²) in [6, 6.07) is 13.8. The van der Waals surface area contributed by atoms with Gasteiger partial charge < -0.3 is 10.1 Å². The first kappa shape index (κ1) is 20.9. The molecule has 27 heavy (non-hydrogen) atoms. The highest BCUT2D eigenvalue weighted by atomic mass is 32.2. The quantitative estimate of drug-likeness (QED) is 0.610. The molecule has 0 aliphatic rings. The molecule has 0 fully saturated rings. The maximum Gasteiger partial charge on any atom is 0.240 e. The Kier molecular flexibility index (Phi) is 7.82. The Morgan fingerprint density at radius 1 is 1.04 bits per heavy atom. The number of nitrogens with one attached hydrogen (secondary N) is 2. The molecule has 7 heteroatoms. The number of carbonyl (C=O) groups is 1. The van der Waals surface area contributed by atoms with Crippen LogP contribution in [0.3, 0.4) is 0 Å². The predicted octanol–water partition coefficient (Wildman–Crippen LogP) is 3.34. The molecule has 2 aromatic carbocycles. The standard InChI is InChI=1S/C20H26N2O4S/c1-3-4-15-21-27(24,25)19-12-8-17(9-13-19)22-20(23)14-7-16-5-10-18(26-2)11-6-16/h5-6,8-13,21H,3-4,7,14-15H2,1-2H3,(H,22,23).